The second-order valence-electron chi connectivity index (χ2n) is 5.14. The van der Waals surface area contributed by atoms with E-state index in [0.717, 1.165) is 12.3 Å². The molecule has 0 radical (unpaired) electrons. The average molecular weight is 412 g/mol. The number of alkyl halides is 3. The molecular formula is C16H17ClF3NO4S. The van der Waals surface area contributed by atoms with Crippen LogP contribution in [0.1, 0.15) is 0 Å². The summed E-state index contributed by atoms with van der Waals surface area (Å²) in [5, 5.41) is 0. The fourth-order valence-electron chi connectivity index (χ4n) is 2.07. The maximum Gasteiger partial charge on any atom is 0.573 e. The molecule has 0 heterocycles. The predicted molar refractivity (Wildman–Crippen MR) is 93.5 cm³/mol. The van der Waals surface area contributed by atoms with E-state index in [1.807, 2.05) is 0 Å². The van der Waals surface area contributed by atoms with Crippen molar-refractivity contribution in [1.82, 2.24) is 0 Å². The molecule has 0 amide bonds. The summed E-state index contributed by atoms with van der Waals surface area (Å²) >= 11 is 0. The Morgan fingerprint density at radius 3 is 2.08 bits per heavy atom. The van der Waals surface area contributed by atoms with Crippen molar-refractivity contribution < 1.29 is 31.1 Å². The minimum Gasteiger partial charge on any atom is -0.488 e. The van der Waals surface area contributed by atoms with Gasteiger partial charge in [-0.25, -0.2) is 8.42 Å². The fraction of sp³-hybridized carbons (Fsp3) is 0.250. The molecule has 144 valence electrons. The van der Waals surface area contributed by atoms with Gasteiger partial charge in [-0.05, 0) is 35.4 Å². The summed E-state index contributed by atoms with van der Waals surface area (Å²) in [6.45, 7) is 0.142. The first-order valence-electron chi connectivity index (χ1n) is 7.13. The number of hydrogen-bond donors (Lipinski definition) is 1. The molecule has 0 atom stereocenters. The quantitative estimate of drug-likeness (QED) is 0.788. The lowest BCUT2D eigenvalue weighted by molar-refractivity contribution is -0.275. The normalized spacial score (nSPS) is 11.6. The second kappa shape index (κ2) is 8.61. The average Bonchev–Trinajstić information content (AvgIpc) is 2.52. The van der Waals surface area contributed by atoms with Gasteiger partial charge in [0.2, 0.25) is 0 Å². The van der Waals surface area contributed by atoms with Crippen molar-refractivity contribution in [3.8, 4) is 22.6 Å². The van der Waals surface area contributed by atoms with Crippen LogP contribution in [0.15, 0.2) is 47.4 Å². The van der Waals surface area contributed by atoms with E-state index in [0.29, 0.717) is 11.1 Å². The van der Waals surface area contributed by atoms with Gasteiger partial charge in [0.15, 0.2) is 21.3 Å². The van der Waals surface area contributed by atoms with Gasteiger partial charge in [0.05, 0.1) is 4.90 Å². The first-order chi connectivity index (χ1) is 11.6. The molecule has 2 aromatic rings. The Morgan fingerprint density at radius 1 is 1.00 bits per heavy atom. The summed E-state index contributed by atoms with van der Waals surface area (Å²) in [5.41, 5.74) is 6.47. The Labute approximate surface area is 155 Å². The molecule has 0 spiro atoms. The molecule has 2 aromatic carbocycles. The highest BCUT2D eigenvalue weighted by Gasteiger charge is 2.32. The summed E-state index contributed by atoms with van der Waals surface area (Å²) in [6.07, 6.45) is -3.76. The Hall–Kier alpha value is -1.97. The van der Waals surface area contributed by atoms with E-state index in [1.165, 1.54) is 24.3 Å². The van der Waals surface area contributed by atoms with Crippen molar-refractivity contribution in [3.63, 3.8) is 0 Å². The summed E-state index contributed by atoms with van der Waals surface area (Å²) in [5.74, 6) is -0.579. The molecule has 2 rings (SSSR count). The van der Waals surface area contributed by atoms with Crippen LogP contribution in [-0.4, -0.2) is 34.2 Å². The van der Waals surface area contributed by atoms with Crippen LogP contribution in [0.5, 0.6) is 11.5 Å². The zero-order valence-electron chi connectivity index (χ0n) is 13.6. The minimum absolute atomic E-state index is 0. The molecule has 0 fully saturated rings. The highest BCUT2D eigenvalue weighted by molar-refractivity contribution is 7.90. The molecule has 10 heteroatoms. The van der Waals surface area contributed by atoms with Crippen LogP contribution < -0.4 is 15.2 Å². The zero-order valence-corrected chi connectivity index (χ0v) is 15.2. The van der Waals surface area contributed by atoms with Crippen molar-refractivity contribution >= 4 is 22.2 Å². The number of halogens is 4. The zero-order chi connectivity index (χ0) is 18.7. The SMILES string of the molecule is CS(=O)(=O)c1ccc(-c2ccc(OC(F)(F)F)c(OCCN)c2)cc1.Cl. The number of ether oxygens (including phenoxy) is 2. The highest BCUT2D eigenvalue weighted by Crippen LogP contribution is 2.36. The molecule has 2 N–H and O–H groups in total. The molecule has 0 aliphatic rings. The summed E-state index contributed by atoms with van der Waals surface area (Å²) in [7, 11) is -3.33. The van der Waals surface area contributed by atoms with Crippen molar-refractivity contribution in [3.05, 3.63) is 42.5 Å². The van der Waals surface area contributed by atoms with Crippen LogP contribution >= 0.6 is 12.4 Å². The first-order valence-corrected chi connectivity index (χ1v) is 9.02. The predicted octanol–water partition coefficient (Wildman–Crippen LogP) is 3.42. The Morgan fingerprint density at radius 2 is 1.58 bits per heavy atom. The second-order valence-corrected chi connectivity index (χ2v) is 7.16. The van der Waals surface area contributed by atoms with Crippen molar-refractivity contribution in [2.45, 2.75) is 11.3 Å². The van der Waals surface area contributed by atoms with Gasteiger partial charge in [0.1, 0.15) is 6.61 Å². The van der Waals surface area contributed by atoms with Crippen molar-refractivity contribution in [2.75, 3.05) is 19.4 Å². The van der Waals surface area contributed by atoms with E-state index in [4.69, 9.17) is 10.5 Å². The third-order valence-electron chi connectivity index (χ3n) is 3.16. The standard InChI is InChI=1S/C16H16F3NO4S.ClH/c1-25(21,22)13-5-2-11(3-6-13)12-4-7-14(24-16(17,18)19)15(10-12)23-9-8-20;/h2-7,10H,8-9,20H2,1H3;1H. The van der Waals surface area contributed by atoms with E-state index < -0.39 is 21.9 Å². The van der Waals surface area contributed by atoms with Gasteiger partial charge in [-0.1, -0.05) is 18.2 Å². The van der Waals surface area contributed by atoms with E-state index in [-0.39, 0.29) is 36.2 Å². The number of hydrogen-bond acceptors (Lipinski definition) is 5. The third-order valence-corrected chi connectivity index (χ3v) is 4.29. The molecule has 0 aromatic heterocycles. The Balaban J connectivity index is 0.00000338. The number of rotatable bonds is 6. The largest absolute Gasteiger partial charge is 0.573 e. The lowest BCUT2D eigenvalue weighted by atomic mass is 10.1. The van der Waals surface area contributed by atoms with Gasteiger partial charge in [-0.2, -0.15) is 0 Å². The van der Waals surface area contributed by atoms with Crippen LogP contribution in [-0.2, 0) is 9.84 Å². The van der Waals surface area contributed by atoms with Crippen LogP contribution in [0, 0.1) is 0 Å². The van der Waals surface area contributed by atoms with E-state index in [1.54, 1.807) is 12.1 Å². The molecule has 0 bridgehead atoms. The van der Waals surface area contributed by atoms with E-state index in [9.17, 15) is 21.6 Å². The van der Waals surface area contributed by atoms with Crippen molar-refractivity contribution in [1.29, 1.82) is 0 Å². The molecule has 0 saturated carbocycles. The number of benzene rings is 2. The maximum atomic E-state index is 12.5. The Kier molecular flexibility index (Phi) is 7.31. The molecule has 0 unspecified atom stereocenters. The van der Waals surface area contributed by atoms with Gasteiger partial charge in [-0.3, -0.25) is 0 Å². The van der Waals surface area contributed by atoms with Gasteiger partial charge >= 0.3 is 6.36 Å². The molecule has 26 heavy (non-hydrogen) atoms. The van der Waals surface area contributed by atoms with Gasteiger partial charge in [0.25, 0.3) is 0 Å². The molecule has 0 aliphatic carbocycles. The lowest BCUT2D eigenvalue weighted by Crippen LogP contribution is -2.18. The van der Waals surface area contributed by atoms with Gasteiger partial charge < -0.3 is 15.2 Å². The summed E-state index contributed by atoms with van der Waals surface area (Å²) in [6, 6.07) is 9.90. The third kappa shape index (κ3) is 6.08. The number of sulfone groups is 1. The smallest absolute Gasteiger partial charge is 0.488 e. The Bertz CT molecular complexity index is 840. The van der Waals surface area contributed by atoms with Crippen molar-refractivity contribution in [2.24, 2.45) is 5.73 Å². The molecule has 5 nitrogen and oxygen atoms in total. The van der Waals surface area contributed by atoms with Crippen LogP contribution in [0.25, 0.3) is 11.1 Å². The van der Waals surface area contributed by atoms with Crippen LogP contribution in [0.4, 0.5) is 13.2 Å². The molecular weight excluding hydrogens is 395 g/mol. The molecule has 0 aliphatic heterocycles. The molecule has 0 saturated heterocycles. The first kappa shape index (κ1) is 22.1. The van der Waals surface area contributed by atoms with Crippen LogP contribution in [0.3, 0.4) is 0 Å². The lowest BCUT2D eigenvalue weighted by Gasteiger charge is -2.15. The summed E-state index contributed by atoms with van der Waals surface area (Å²) < 4.78 is 69.5. The van der Waals surface area contributed by atoms with E-state index in [2.05, 4.69) is 4.74 Å². The number of nitrogens with two attached hydrogens (primary N) is 1. The topological polar surface area (TPSA) is 78.6 Å². The minimum atomic E-state index is -4.85. The van der Waals surface area contributed by atoms with Gasteiger partial charge in [0, 0.05) is 12.8 Å². The monoisotopic (exact) mass is 411 g/mol. The fourth-order valence-corrected chi connectivity index (χ4v) is 2.70. The van der Waals surface area contributed by atoms with Crippen LogP contribution in [0.2, 0.25) is 0 Å². The maximum absolute atomic E-state index is 12.5. The summed E-state index contributed by atoms with van der Waals surface area (Å²) in [4.78, 5) is 0.146. The van der Waals surface area contributed by atoms with Gasteiger partial charge in [-0.15, -0.1) is 25.6 Å². The van der Waals surface area contributed by atoms with E-state index >= 15 is 0 Å². The highest BCUT2D eigenvalue weighted by atomic mass is 35.5.